The fraction of sp³-hybridized carbons (Fsp3) is 0.150. The highest BCUT2D eigenvalue weighted by Gasteiger charge is 2.11. The molecule has 0 spiro atoms. The van der Waals surface area contributed by atoms with Crippen molar-refractivity contribution >= 4 is 34.3 Å². The first-order chi connectivity index (χ1) is 12.5. The van der Waals surface area contributed by atoms with Crippen LogP contribution in [0, 0.1) is 6.92 Å². The molecule has 3 rings (SSSR count). The van der Waals surface area contributed by atoms with Crippen LogP contribution in [0.1, 0.15) is 21.6 Å². The van der Waals surface area contributed by atoms with Gasteiger partial charge in [0.2, 0.25) is 5.91 Å². The summed E-state index contributed by atoms with van der Waals surface area (Å²) in [4.78, 5) is 28.6. The molecule has 0 radical (unpaired) electrons. The molecule has 0 unspecified atom stereocenters. The number of hydrogen-bond acceptors (Lipinski definition) is 3. The first-order valence-corrected chi connectivity index (χ1v) is 8.57. The van der Waals surface area contributed by atoms with Gasteiger partial charge in [0.1, 0.15) is 0 Å². The number of amides is 2. The number of hydrogen-bond donors (Lipinski definition) is 2. The van der Waals surface area contributed by atoms with Crippen molar-refractivity contribution < 1.29 is 9.59 Å². The number of carbonyl (C=O) groups is 2. The van der Waals surface area contributed by atoms with Crippen LogP contribution in [0.15, 0.2) is 54.6 Å². The van der Waals surface area contributed by atoms with E-state index in [4.69, 9.17) is 11.6 Å². The third kappa shape index (κ3) is 4.18. The van der Waals surface area contributed by atoms with Crippen molar-refractivity contribution in [2.45, 2.75) is 13.5 Å². The van der Waals surface area contributed by atoms with Crippen molar-refractivity contribution in [1.82, 2.24) is 15.6 Å². The topological polar surface area (TPSA) is 71.1 Å². The predicted octanol–water partition coefficient (Wildman–Crippen LogP) is 3.24. The molecule has 132 valence electrons. The Morgan fingerprint density at radius 1 is 1.04 bits per heavy atom. The second kappa shape index (κ2) is 7.97. The lowest BCUT2D eigenvalue weighted by atomic mass is 10.1. The van der Waals surface area contributed by atoms with Crippen LogP contribution in [-0.4, -0.2) is 23.3 Å². The van der Waals surface area contributed by atoms with E-state index < -0.39 is 0 Å². The van der Waals surface area contributed by atoms with Gasteiger partial charge in [-0.25, -0.2) is 0 Å². The summed E-state index contributed by atoms with van der Waals surface area (Å²) in [5, 5.41) is 6.75. The van der Waals surface area contributed by atoms with E-state index in [1.54, 1.807) is 24.3 Å². The molecular weight excluding hydrogens is 350 g/mol. The van der Waals surface area contributed by atoms with E-state index in [1.165, 1.54) is 0 Å². The standard InChI is InChI=1S/C20H18ClN3O2/c1-13-10-14(15-6-3-5-9-18(15)24-13)11-22-19(25)12-23-20(26)16-7-2-4-8-17(16)21/h2-10H,11-12H2,1H3,(H,22,25)(H,23,26). The first-order valence-electron chi connectivity index (χ1n) is 8.19. The Balaban J connectivity index is 1.60. The number of halogens is 1. The average molecular weight is 368 g/mol. The Morgan fingerprint density at radius 3 is 2.58 bits per heavy atom. The lowest BCUT2D eigenvalue weighted by molar-refractivity contribution is -0.120. The maximum absolute atomic E-state index is 12.1. The summed E-state index contributed by atoms with van der Waals surface area (Å²) in [6.45, 7) is 2.16. The molecule has 6 heteroatoms. The molecule has 26 heavy (non-hydrogen) atoms. The van der Waals surface area contributed by atoms with Gasteiger partial charge in [-0.3, -0.25) is 14.6 Å². The van der Waals surface area contributed by atoms with E-state index in [-0.39, 0.29) is 18.4 Å². The Kier molecular flexibility index (Phi) is 5.49. The number of fused-ring (bicyclic) bond motifs is 1. The van der Waals surface area contributed by atoms with Gasteiger partial charge in [-0.05, 0) is 36.8 Å². The van der Waals surface area contributed by atoms with Crippen LogP contribution < -0.4 is 10.6 Å². The van der Waals surface area contributed by atoms with E-state index in [9.17, 15) is 9.59 Å². The summed E-state index contributed by atoms with van der Waals surface area (Å²) in [6, 6.07) is 16.4. The maximum atomic E-state index is 12.1. The number of nitrogens with one attached hydrogen (secondary N) is 2. The molecule has 2 N–H and O–H groups in total. The van der Waals surface area contributed by atoms with Crippen LogP contribution in [-0.2, 0) is 11.3 Å². The number of aryl methyl sites for hydroxylation is 1. The van der Waals surface area contributed by atoms with Crippen molar-refractivity contribution in [2.24, 2.45) is 0 Å². The molecule has 1 aromatic heterocycles. The van der Waals surface area contributed by atoms with Crippen LogP contribution >= 0.6 is 11.6 Å². The minimum atomic E-state index is -0.379. The fourth-order valence-electron chi connectivity index (χ4n) is 2.70. The Bertz CT molecular complexity index is 972. The van der Waals surface area contributed by atoms with Crippen LogP contribution in [0.5, 0.6) is 0 Å². The number of nitrogens with zero attached hydrogens (tertiary/aromatic N) is 1. The van der Waals surface area contributed by atoms with Gasteiger partial charge in [0.15, 0.2) is 0 Å². The zero-order valence-corrected chi connectivity index (χ0v) is 15.0. The molecule has 2 aromatic carbocycles. The highest BCUT2D eigenvalue weighted by Crippen LogP contribution is 2.18. The molecule has 0 saturated carbocycles. The van der Waals surface area contributed by atoms with Crippen molar-refractivity contribution in [3.8, 4) is 0 Å². The zero-order chi connectivity index (χ0) is 18.5. The Labute approximate surface area is 156 Å². The van der Waals surface area contributed by atoms with Gasteiger partial charge in [-0.1, -0.05) is 41.9 Å². The maximum Gasteiger partial charge on any atom is 0.253 e. The van der Waals surface area contributed by atoms with E-state index in [1.807, 2.05) is 37.3 Å². The normalized spacial score (nSPS) is 10.5. The minimum Gasteiger partial charge on any atom is -0.350 e. The summed E-state index contributed by atoms with van der Waals surface area (Å²) in [5.41, 5.74) is 3.11. The summed E-state index contributed by atoms with van der Waals surface area (Å²) < 4.78 is 0. The molecular formula is C20H18ClN3O2. The van der Waals surface area contributed by atoms with Crippen molar-refractivity contribution in [2.75, 3.05) is 6.54 Å². The molecule has 3 aromatic rings. The van der Waals surface area contributed by atoms with E-state index in [0.29, 0.717) is 17.1 Å². The summed E-state index contributed by atoms with van der Waals surface area (Å²) >= 11 is 5.98. The molecule has 0 atom stereocenters. The number of aromatic nitrogens is 1. The molecule has 0 aliphatic carbocycles. The molecule has 0 bridgehead atoms. The van der Waals surface area contributed by atoms with Crippen LogP contribution in [0.4, 0.5) is 0 Å². The highest BCUT2D eigenvalue weighted by atomic mass is 35.5. The molecule has 0 fully saturated rings. The van der Waals surface area contributed by atoms with Crippen LogP contribution in [0.25, 0.3) is 10.9 Å². The smallest absolute Gasteiger partial charge is 0.253 e. The van der Waals surface area contributed by atoms with Crippen LogP contribution in [0.2, 0.25) is 5.02 Å². The molecule has 1 heterocycles. The van der Waals surface area contributed by atoms with Crippen molar-refractivity contribution in [3.63, 3.8) is 0 Å². The molecule has 2 amide bonds. The van der Waals surface area contributed by atoms with E-state index >= 15 is 0 Å². The lowest BCUT2D eigenvalue weighted by Crippen LogP contribution is -2.36. The number of para-hydroxylation sites is 1. The van der Waals surface area contributed by atoms with E-state index in [2.05, 4.69) is 15.6 Å². The summed E-state index contributed by atoms with van der Waals surface area (Å²) in [5.74, 6) is -0.653. The predicted molar refractivity (Wildman–Crippen MR) is 102 cm³/mol. The number of rotatable bonds is 5. The molecule has 0 saturated heterocycles. The van der Waals surface area contributed by atoms with Gasteiger partial charge in [0.05, 0.1) is 22.6 Å². The van der Waals surface area contributed by atoms with Crippen molar-refractivity contribution in [1.29, 1.82) is 0 Å². The van der Waals surface area contributed by atoms with Gasteiger partial charge in [0.25, 0.3) is 5.91 Å². The zero-order valence-electron chi connectivity index (χ0n) is 14.3. The lowest BCUT2D eigenvalue weighted by Gasteiger charge is -2.10. The minimum absolute atomic E-state index is 0.119. The third-order valence-electron chi connectivity index (χ3n) is 3.93. The Hall–Kier alpha value is -2.92. The van der Waals surface area contributed by atoms with Gasteiger partial charge in [-0.15, -0.1) is 0 Å². The summed E-state index contributed by atoms with van der Waals surface area (Å²) in [7, 11) is 0. The average Bonchev–Trinajstić information content (AvgIpc) is 2.64. The van der Waals surface area contributed by atoms with Gasteiger partial charge in [-0.2, -0.15) is 0 Å². The number of pyridine rings is 1. The fourth-order valence-corrected chi connectivity index (χ4v) is 2.92. The Morgan fingerprint density at radius 2 is 1.77 bits per heavy atom. The van der Waals surface area contributed by atoms with Crippen molar-refractivity contribution in [3.05, 3.63) is 76.4 Å². The number of carbonyl (C=O) groups excluding carboxylic acids is 2. The second-order valence-electron chi connectivity index (χ2n) is 5.88. The third-order valence-corrected chi connectivity index (χ3v) is 4.26. The van der Waals surface area contributed by atoms with E-state index in [0.717, 1.165) is 22.2 Å². The van der Waals surface area contributed by atoms with Gasteiger partial charge in [0, 0.05) is 17.6 Å². The molecule has 0 aliphatic rings. The molecule has 5 nitrogen and oxygen atoms in total. The SMILES string of the molecule is Cc1cc(CNC(=O)CNC(=O)c2ccccc2Cl)c2ccccc2n1. The second-order valence-corrected chi connectivity index (χ2v) is 6.29. The van der Waals surface area contributed by atoms with Crippen LogP contribution in [0.3, 0.4) is 0 Å². The monoisotopic (exact) mass is 367 g/mol. The number of benzene rings is 2. The highest BCUT2D eigenvalue weighted by molar-refractivity contribution is 6.33. The van der Waals surface area contributed by atoms with Gasteiger partial charge < -0.3 is 10.6 Å². The quantitative estimate of drug-likeness (QED) is 0.727. The molecule has 0 aliphatic heterocycles. The summed E-state index contributed by atoms with van der Waals surface area (Å²) in [6.07, 6.45) is 0. The first kappa shape index (κ1) is 17.9. The largest absolute Gasteiger partial charge is 0.350 e. The van der Waals surface area contributed by atoms with Gasteiger partial charge >= 0.3 is 0 Å².